The highest BCUT2D eigenvalue weighted by atomic mass is 32.2. The van der Waals surface area contributed by atoms with Crippen molar-refractivity contribution in [2.45, 2.75) is 17.9 Å². The Hall–Kier alpha value is -5.33. The van der Waals surface area contributed by atoms with Gasteiger partial charge in [0.05, 0.1) is 21.6 Å². The summed E-state index contributed by atoms with van der Waals surface area (Å²) in [6.45, 7) is 1.55. The van der Waals surface area contributed by atoms with E-state index in [-0.39, 0.29) is 16.5 Å². The van der Waals surface area contributed by atoms with Crippen molar-refractivity contribution in [2.75, 3.05) is 6.54 Å². The Morgan fingerprint density at radius 2 is 1.63 bits per heavy atom. The molecule has 2 heterocycles. The smallest absolute Gasteiger partial charge is 0.269 e. The van der Waals surface area contributed by atoms with Crippen molar-refractivity contribution in [3.05, 3.63) is 129 Å². The molecule has 4 aromatic carbocycles. The van der Waals surface area contributed by atoms with E-state index in [4.69, 9.17) is 0 Å². The number of aromatic amines is 1. The molecule has 6 rings (SSSR count). The first-order chi connectivity index (χ1) is 20.6. The summed E-state index contributed by atoms with van der Waals surface area (Å²) in [4.78, 5) is 43.8. The van der Waals surface area contributed by atoms with Crippen molar-refractivity contribution in [3.63, 3.8) is 0 Å². The number of benzene rings is 4. The fourth-order valence-corrected chi connectivity index (χ4v) is 6.22. The third kappa shape index (κ3) is 5.13. The van der Waals surface area contributed by atoms with Gasteiger partial charge in [0.1, 0.15) is 6.54 Å². The molecule has 0 saturated carbocycles. The summed E-state index contributed by atoms with van der Waals surface area (Å²) in [6.07, 6.45) is 0. The van der Waals surface area contributed by atoms with Gasteiger partial charge in [-0.2, -0.15) is 0 Å². The van der Waals surface area contributed by atoms with Crippen molar-refractivity contribution < 1.29 is 22.9 Å². The number of amides is 2. The topological polar surface area (TPSA) is 155 Å². The number of hydrogen-bond donors (Lipinski definition) is 3. The molecule has 1 aromatic heterocycles. The number of nitro benzene ring substituents is 1. The Bertz CT molecular complexity index is 2000. The van der Waals surface area contributed by atoms with Crippen molar-refractivity contribution >= 4 is 38.4 Å². The van der Waals surface area contributed by atoms with Gasteiger partial charge in [0.15, 0.2) is 0 Å². The van der Waals surface area contributed by atoms with Gasteiger partial charge in [-0.05, 0) is 42.3 Å². The average Bonchev–Trinajstić information content (AvgIpc) is 3.51. The number of non-ortho nitro benzene ring substituents is 1. The molecular formula is C31H25N5O6S. The number of aromatic nitrogens is 1. The molecule has 43 heavy (non-hydrogen) atoms. The lowest BCUT2D eigenvalue weighted by atomic mass is 9.93. The number of carbonyl (C=O) groups is 2. The minimum Gasteiger partial charge on any atom is -0.354 e. The third-order valence-corrected chi connectivity index (χ3v) is 8.68. The maximum Gasteiger partial charge on any atom is 0.269 e. The van der Waals surface area contributed by atoms with E-state index in [1.54, 1.807) is 12.1 Å². The van der Waals surface area contributed by atoms with Crippen LogP contribution in [-0.2, 0) is 14.8 Å². The number of sulfonamides is 1. The van der Waals surface area contributed by atoms with E-state index in [0.29, 0.717) is 5.56 Å². The van der Waals surface area contributed by atoms with Gasteiger partial charge in [0, 0.05) is 34.2 Å². The van der Waals surface area contributed by atoms with Crippen LogP contribution in [0.1, 0.15) is 33.1 Å². The standard InChI is InChI=1S/C31H25N5O6S/c1-19-10-12-20(13-11-19)29-28(25-8-4-5-9-26(25)32-29)30-23-6-2-3-7-24(23)31(38)35(30)18-27(37)33-34-43(41,42)22-16-14-21(15-17-22)36(39)40/h2-17,30,32,34H,18H2,1H3,(H,33,37). The summed E-state index contributed by atoms with van der Waals surface area (Å²) in [6, 6.07) is 26.5. The molecule has 1 atom stereocenters. The average molecular weight is 596 g/mol. The molecule has 2 amide bonds. The first-order valence-electron chi connectivity index (χ1n) is 13.3. The lowest BCUT2D eigenvalue weighted by molar-refractivity contribution is -0.384. The molecule has 5 aromatic rings. The molecule has 0 radical (unpaired) electrons. The second-order valence-corrected chi connectivity index (χ2v) is 11.8. The number of hydrazine groups is 1. The summed E-state index contributed by atoms with van der Waals surface area (Å²) in [7, 11) is -4.24. The fraction of sp³-hybridized carbons (Fsp3) is 0.0968. The monoisotopic (exact) mass is 595 g/mol. The van der Waals surface area contributed by atoms with Crippen LogP contribution in [0.5, 0.6) is 0 Å². The Kier molecular flexibility index (Phi) is 7.00. The van der Waals surface area contributed by atoms with Gasteiger partial charge >= 0.3 is 0 Å². The van der Waals surface area contributed by atoms with Crippen molar-refractivity contribution in [2.24, 2.45) is 0 Å². The van der Waals surface area contributed by atoms with E-state index in [1.807, 2.05) is 72.4 Å². The minimum absolute atomic E-state index is 0.275. The number of rotatable bonds is 8. The first-order valence-corrected chi connectivity index (χ1v) is 14.7. The van der Waals surface area contributed by atoms with Crippen LogP contribution in [0.15, 0.2) is 102 Å². The third-order valence-electron chi connectivity index (χ3n) is 7.41. The zero-order valence-electron chi connectivity index (χ0n) is 22.8. The number of aryl methyl sites for hydroxylation is 1. The van der Waals surface area contributed by atoms with Crippen LogP contribution < -0.4 is 10.3 Å². The molecule has 1 aliphatic rings. The van der Waals surface area contributed by atoms with Gasteiger partial charge in [0.2, 0.25) is 0 Å². The van der Waals surface area contributed by atoms with Crippen molar-refractivity contribution in [1.82, 2.24) is 20.1 Å². The largest absolute Gasteiger partial charge is 0.354 e. The number of carbonyl (C=O) groups excluding carboxylic acids is 2. The van der Waals surface area contributed by atoms with Crippen LogP contribution in [-0.4, -0.2) is 41.6 Å². The second kappa shape index (κ2) is 10.8. The predicted octanol–water partition coefficient (Wildman–Crippen LogP) is 4.61. The van der Waals surface area contributed by atoms with Crippen LogP contribution in [0.3, 0.4) is 0 Å². The van der Waals surface area contributed by atoms with Crippen LogP contribution in [0, 0.1) is 17.0 Å². The number of nitro groups is 1. The van der Waals surface area contributed by atoms with Gasteiger partial charge in [-0.3, -0.25) is 25.1 Å². The number of fused-ring (bicyclic) bond motifs is 2. The minimum atomic E-state index is -4.24. The number of para-hydroxylation sites is 1. The van der Waals surface area contributed by atoms with E-state index in [9.17, 15) is 28.1 Å². The van der Waals surface area contributed by atoms with Crippen molar-refractivity contribution in [3.8, 4) is 11.3 Å². The summed E-state index contributed by atoms with van der Waals surface area (Å²) >= 11 is 0. The highest BCUT2D eigenvalue weighted by molar-refractivity contribution is 7.89. The van der Waals surface area contributed by atoms with E-state index < -0.39 is 33.4 Å². The highest BCUT2D eigenvalue weighted by Crippen LogP contribution is 2.45. The summed E-state index contributed by atoms with van der Waals surface area (Å²) in [5, 5.41) is 11.8. The molecule has 3 N–H and O–H groups in total. The van der Waals surface area contributed by atoms with Crippen LogP contribution >= 0.6 is 0 Å². The molecule has 0 spiro atoms. The van der Waals surface area contributed by atoms with Crippen LogP contribution in [0.25, 0.3) is 22.2 Å². The fourth-order valence-electron chi connectivity index (χ4n) is 5.36. The molecule has 1 unspecified atom stereocenters. The number of nitrogens with one attached hydrogen (secondary N) is 3. The molecule has 0 fully saturated rings. The van der Waals surface area contributed by atoms with E-state index in [1.165, 1.54) is 4.90 Å². The van der Waals surface area contributed by atoms with Gasteiger partial charge < -0.3 is 9.88 Å². The number of nitrogens with zero attached hydrogens (tertiary/aromatic N) is 2. The molecular weight excluding hydrogens is 570 g/mol. The maximum atomic E-state index is 13.7. The second-order valence-electron chi connectivity index (χ2n) is 10.2. The molecule has 12 heteroatoms. The van der Waals surface area contributed by atoms with E-state index >= 15 is 0 Å². The summed E-state index contributed by atoms with van der Waals surface area (Å²) < 4.78 is 25.5. The molecule has 0 bridgehead atoms. The normalized spacial score (nSPS) is 14.6. The van der Waals surface area contributed by atoms with Gasteiger partial charge in [0.25, 0.3) is 27.5 Å². The van der Waals surface area contributed by atoms with Gasteiger partial charge in [-0.1, -0.05) is 66.2 Å². The Labute approximate surface area is 246 Å². The highest BCUT2D eigenvalue weighted by Gasteiger charge is 2.41. The lowest BCUT2D eigenvalue weighted by Gasteiger charge is -2.26. The van der Waals surface area contributed by atoms with Crippen molar-refractivity contribution in [1.29, 1.82) is 0 Å². The zero-order chi connectivity index (χ0) is 30.3. The molecule has 0 saturated heterocycles. The van der Waals surface area contributed by atoms with Gasteiger partial charge in [-0.25, -0.2) is 8.42 Å². The summed E-state index contributed by atoms with van der Waals surface area (Å²) in [5.41, 5.74) is 7.57. The number of H-pyrrole nitrogens is 1. The Morgan fingerprint density at radius 3 is 2.35 bits per heavy atom. The Morgan fingerprint density at radius 1 is 0.953 bits per heavy atom. The van der Waals surface area contributed by atoms with Gasteiger partial charge in [-0.15, -0.1) is 4.83 Å². The Balaban J connectivity index is 1.34. The van der Waals surface area contributed by atoms with Crippen LogP contribution in [0.4, 0.5) is 5.69 Å². The molecule has 216 valence electrons. The molecule has 1 aliphatic heterocycles. The molecule has 0 aliphatic carbocycles. The van der Waals surface area contributed by atoms with Crippen LogP contribution in [0.2, 0.25) is 0 Å². The first kappa shape index (κ1) is 27.8. The lowest BCUT2D eigenvalue weighted by Crippen LogP contribution is -2.47. The molecule has 11 nitrogen and oxygen atoms in total. The summed E-state index contributed by atoms with van der Waals surface area (Å²) in [5.74, 6) is -1.14. The maximum absolute atomic E-state index is 13.7. The quantitative estimate of drug-likeness (QED) is 0.176. The van der Waals surface area contributed by atoms with E-state index in [2.05, 4.69) is 10.4 Å². The van der Waals surface area contributed by atoms with E-state index in [0.717, 1.165) is 63.1 Å². The predicted molar refractivity (Wildman–Crippen MR) is 159 cm³/mol. The number of hydrogen-bond acceptors (Lipinski definition) is 6. The SMILES string of the molecule is Cc1ccc(-c2[nH]c3ccccc3c2C2c3ccccc3C(=O)N2CC(=O)NNS(=O)(=O)c2ccc([N+](=O)[O-])cc2)cc1. The zero-order valence-corrected chi connectivity index (χ0v) is 23.6.